The van der Waals surface area contributed by atoms with Crippen molar-refractivity contribution >= 4 is 32.7 Å². The van der Waals surface area contributed by atoms with Crippen LogP contribution in [-0.2, 0) is 30.9 Å². The Kier molecular flexibility index (Phi) is 7.73. The molecule has 10 nitrogen and oxygen atoms in total. The largest absolute Gasteiger partial charge is 0.496 e. The molecule has 2 amide bonds. The van der Waals surface area contributed by atoms with Gasteiger partial charge in [0.1, 0.15) is 5.75 Å². The lowest BCUT2D eigenvalue weighted by Crippen LogP contribution is -2.43. The van der Waals surface area contributed by atoms with E-state index in [0.29, 0.717) is 50.8 Å². The second-order valence-corrected chi connectivity index (χ2v) is 18.8. The zero-order chi connectivity index (χ0) is 35.4. The van der Waals surface area contributed by atoms with Gasteiger partial charge in [-0.05, 0) is 80.0 Å². The molecule has 4 atom stereocenters. The van der Waals surface area contributed by atoms with Crippen molar-refractivity contribution in [2.75, 3.05) is 53.0 Å². The third-order valence-corrected chi connectivity index (χ3v) is 15.3. The summed E-state index contributed by atoms with van der Waals surface area (Å²) in [4.78, 5) is 33.5. The molecule has 1 aromatic heterocycles. The molecule has 3 unspecified atom stereocenters. The van der Waals surface area contributed by atoms with Crippen molar-refractivity contribution in [1.82, 2.24) is 19.1 Å². The number of hydrogen-bond acceptors (Lipinski definition) is 7. The lowest BCUT2D eigenvalue weighted by atomic mass is 9.71. The van der Waals surface area contributed by atoms with Gasteiger partial charge in [-0.3, -0.25) is 9.59 Å². The highest BCUT2D eigenvalue weighted by Gasteiger charge is 2.67. The van der Waals surface area contributed by atoms with Gasteiger partial charge in [-0.2, -0.15) is 0 Å². The van der Waals surface area contributed by atoms with Crippen LogP contribution in [0.25, 0.3) is 10.9 Å². The lowest BCUT2D eigenvalue weighted by molar-refractivity contribution is -0.136. The van der Waals surface area contributed by atoms with Crippen LogP contribution in [0.3, 0.4) is 0 Å². The molecule has 0 bridgehead atoms. The van der Waals surface area contributed by atoms with Crippen LogP contribution in [0.2, 0.25) is 0 Å². The van der Waals surface area contributed by atoms with Gasteiger partial charge in [-0.15, -0.1) is 0 Å². The molecule has 1 N–H and O–H groups in total. The Bertz CT molecular complexity index is 2030. The van der Waals surface area contributed by atoms with Gasteiger partial charge < -0.3 is 23.8 Å². The van der Waals surface area contributed by atoms with Gasteiger partial charge in [-0.1, -0.05) is 44.4 Å². The molecule has 5 heterocycles. The molecular formula is C40H50N4O6S. The number of carbonyl (C=O) groups is 2. The highest BCUT2D eigenvalue weighted by molar-refractivity contribution is 7.90. The van der Waals surface area contributed by atoms with Crippen LogP contribution in [0.15, 0.2) is 52.6 Å². The highest BCUT2D eigenvalue weighted by Crippen LogP contribution is 2.58. The summed E-state index contributed by atoms with van der Waals surface area (Å²) in [6.07, 6.45) is 10.7. The maximum absolute atomic E-state index is 15.0. The first-order chi connectivity index (χ1) is 24.5. The average molecular weight is 715 g/mol. The summed E-state index contributed by atoms with van der Waals surface area (Å²) >= 11 is 0. The molecule has 3 aliphatic carbocycles. The molecular weight excluding hydrogens is 665 g/mol. The topological polar surface area (TPSA) is 110 Å². The number of nitrogens with zero attached hydrogens (tertiary/aromatic N) is 3. The first-order valence-corrected chi connectivity index (χ1v) is 20.6. The Morgan fingerprint density at radius 3 is 2.45 bits per heavy atom. The predicted molar refractivity (Wildman–Crippen MR) is 195 cm³/mol. The lowest BCUT2D eigenvalue weighted by Gasteiger charge is -2.35. The van der Waals surface area contributed by atoms with Gasteiger partial charge in [0.2, 0.25) is 15.9 Å². The number of methoxy groups -OCH3 is 1. The number of amides is 2. The second kappa shape index (κ2) is 11.8. The maximum atomic E-state index is 15.0. The van der Waals surface area contributed by atoms with Crippen LogP contribution in [0.1, 0.15) is 82.4 Å². The molecule has 4 fully saturated rings. The van der Waals surface area contributed by atoms with Crippen molar-refractivity contribution in [3.05, 3.63) is 63.9 Å². The number of aromatic nitrogens is 1. The van der Waals surface area contributed by atoms with Crippen molar-refractivity contribution in [3.63, 3.8) is 0 Å². The fourth-order valence-corrected chi connectivity index (χ4v) is 11.4. The molecule has 9 rings (SSSR count). The van der Waals surface area contributed by atoms with Crippen LogP contribution in [0.5, 0.6) is 5.75 Å². The quantitative estimate of drug-likeness (QED) is 0.430. The van der Waals surface area contributed by atoms with E-state index in [1.807, 2.05) is 0 Å². The second-order valence-electron chi connectivity index (χ2n) is 16.6. The minimum absolute atomic E-state index is 0.0382. The fourth-order valence-electron chi connectivity index (χ4n) is 10.8. The van der Waals surface area contributed by atoms with E-state index in [2.05, 4.69) is 56.4 Å². The van der Waals surface area contributed by atoms with Crippen molar-refractivity contribution in [2.24, 2.45) is 16.7 Å². The number of sulfonamides is 1. The summed E-state index contributed by atoms with van der Waals surface area (Å²) in [5, 5.41) is 0.296. The van der Waals surface area contributed by atoms with Gasteiger partial charge in [0, 0.05) is 60.6 Å². The van der Waals surface area contributed by atoms with Crippen molar-refractivity contribution in [3.8, 4) is 5.75 Å². The van der Waals surface area contributed by atoms with Crippen molar-refractivity contribution in [2.45, 2.75) is 82.9 Å². The summed E-state index contributed by atoms with van der Waals surface area (Å²) in [5.41, 5.74) is 6.48. The minimum Gasteiger partial charge on any atom is -0.496 e. The monoisotopic (exact) mass is 714 g/mol. The highest BCUT2D eigenvalue weighted by atomic mass is 32.2. The van der Waals surface area contributed by atoms with E-state index in [1.165, 1.54) is 24.8 Å². The van der Waals surface area contributed by atoms with Crippen LogP contribution in [-0.4, -0.2) is 92.9 Å². The molecule has 272 valence electrons. The van der Waals surface area contributed by atoms with Gasteiger partial charge >= 0.3 is 0 Å². The number of likely N-dealkylation sites (tertiary alicyclic amines) is 2. The molecule has 4 aliphatic heterocycles. The van der Waals surface area contributed by atoms with Crippen molar-refractivity contribution < 1.29 is 27.5 Å². The smallest absolute Gasteiger partial charge is 0.265 e. The first-order valence-electron chi connectivity index (χ1n) is 19.0. The first kappa shape index (κ1) is 33.4. The molecule has 0 spiro atoms. The number of ether oxygens (including phenoxy) is 2. The van der Waals surface area contributed by atoms with Crippen molar-refractivity contribution in [1.29, 1.82) is 0 Å². The normalized spacial score (nSPS) is 30.3. The summed E-state index contributed by atoms with van der Waals surface area (Å²) < 4.78 is 42.5. The molecule has 1 aromatic carbocycles. The third-order valence-electron chi connectivity index (χ3n) is 13.6. The zero-order valence-electron chi connectivity index (χ0n) is 30.3. The molecule has 3 saturated heterocycles. The molecule has 7 aliphatic rings. The Morgan fingerprint density at radius 1 is 1.06 bits per heavy atom. The van der Waals surface area contributed by atoms with E-state index in [9.17, 15) is 13.2 Å². The predicted octanol–water partition coefficient (Wildman–Crippen LogP) is 5.01. The van der Waals surface area contributed by atoms with Gasteiger partial charge in [0.05, 0.1) is 42.6 Å². The van der Waals surface area contributed by atoms with Gasteiger partial charge in [0.25, 0.3) is 5.91 Å². The van der Waals surface area contributed by atoms with Crippen LogP contribution in [0.4, 0.5) is 0 Å². The van der Waals surface area contributed by atoms with E-state index in [4.69, 9.17) is 9.47 Å². The average Bonchev–Trinajstić information content (AvgIpc) is 3.27. The van der Waals surface area contributed by atoms with Crippen LogP contribution >= 0.6 is 0 Å². The molecule has 0 radical (unpaired) electrons. The Hall–Kier alpha value is -3.41. The summed E-state index contributed by atoms with van der Waals surface area (Å²) in [6, 6.07) is 6.56. The van der Waals surface area contributed by atoms with E-state index < -0.39 is 21.2 Å². The number of rotatable bonds is 7. The molecule has 2 aromatic rings. The minimum atomic E-state index is -3.83. The van der Waals surface area contributed by atoms with E-state index >= 15 is 4.79 Å². The Balaban J connectivity index is 1.17. The van der Waals surface area contributed by atoms with Crippen LogP contribution < -0.4 is 9.46 Å². The van der Waals surface area contributed by atoms with E-state index in [1.54, 1.807) is 21.0 Å². The Morgan fingerprint density at radius 2 is 1.78 bits per heavy atom. The molecule has 11 heteroatoms. The third kappa shape index (κ3) is 4.89. The standard InChI is InChI=1S/C40H50N4O6S/c1-5-42-18-39-20-43(21-40(39,19-42)23-50-22-39)38(46)28-13-9-12-27-33(28)31-16-29-32(49-4)15-14-26(25-10-7-6-8-11-25)36(29)44(31)17-30-34(27)35(30)37(45)41-51(47,48)24(2)3/h9,12,14-16,24-25,28,33H,5-8,10-11,13,17-23H2,1-4H3,(H,41,45)/t28-,33?,39?,40?/m1/s1. The number of hydrogen-bond donors (Lipinski definition) is 1. The molecule has 1 saturated carbocycles. The number of benzene rings is 1. The number of nitrogens with one attached hydrogen (secondary N) is 1. The molecule has 51 heavy (non-hydrogen) atoms. The SMILES string of the molecule is CCN1CC23COCC2(C1)CN(C(=O)[C@@H]1CC=CC2=C4C(=C4C(=O)NS(=O)(=O)C(C)C)Cn4c(cc5c(OC)ccc(C6CCCCC6)c54)C21)C3. The van der Waals surface area contributed by atoms with E-state index in [0.717, 1.165) is 71.5 Å². The number of allylic oxidation sites excluding steroid dienone is 4. The summed E-state index contributed by atoms with van der Waals surface area (Å²) in [6.45, 7) is 11.5. The zero-order valence-corrected chi connectivity index (χ0v) is 31.1. The number of carbonyl (C=O) groups excluding carboxylic acids is 2. The van der Waals surface area contributed by atoms with E-state index in [-0.39, 0.29) is 28.6 Å². The summed E-state index contributed by atoms with van der Waals surface area (Å²) in [5.74, 6) is 0.152. The summed E-state index contributed by atoms with van der Waals surface area (Å²) in [7, 11) is -2.12. The van der Waals surface area contributed by atoms with Crippen LogP contribution in [0, 0.1) is 16.7 Å². The van der Waals surface area contributed by atoms with Gasteiger partial charge in [0.15, 0.2) is 0 Å². The fraction of sp³-hybridized carbons (Fsp3) is 0.600. The maximum Gasteiger partial charge on any atom is 0.265 e. The Labute approximate surface area is 300 Å². The van der Waals surface area contributed by atoms with Gasteiger partial charge in [-0.25, -0.2) is 13.1 Å². The number of fused-ring (bicyclic) bond motifs is 6.